The molecule has 0 saturated heterocycles. The summed E-state index contributed by atoms with van der Waals surface area (Å²) >= 11 is 0. The number of guanidine groups is 1. The summed E-state index contributed by atoms with van der Waals surface area (Å²) in [4.78, 5) is 20.4. The molecule has 0 aromatic carbocycles. The van der Waals surface area contributed by atoms with Gasteiger partial charge in [-0.2, -0.15) is 0 Å². The van der Waals surface area contributed by atoms with Gasteiger partial charge < -0.3 is 4.90 Å². The second kappa shape index (κ2) is 4.14. The van der Waals surface area contributed by atoms with Gasteiger partial charge in [-0.3, -0.25) is 5.41 Å². The third-order valence-corrected chi connectivity index (χ3v) is 0.849. The van der Waals surface area contributed by atoms with E-state index in [9.17, 15) is 15.0 Å². The molecule has 0 amide bonds. The van der Waals surface area contributed by atoms with E-state index in [4.69, 9.17) is 5.41 Å². The summed E-state index contributed by atoms with van der Waals surface area (Å²) in [5.41, 5.74) is 1.56. The minimum absolute atomic E-state index is 0.292. The van der Waals surface area contributed by atoms with Gasteiger partial charge in [0.25, 0.3) is 5.96 Å². The summed E-state index contributed by atoms with van der Waals surface area (Å²) in [5.74, 6) is -0.477. The van der Waals surface area contributed by atoms with Crippen molar-refractivity contribution in [2.24, 2.45) is 5.18 Å². The fraction of sp³-hybridized carbons (Fsp3) is 0.667. The maximum Gasteiger partial charge on any atom is 0.255 e. The van der Waals surface area contributed by atoms with E-state index >= 15 is 0 Å². The molecule has 0 bridgehead atoms. The lowest BCUT2D eigenvalue weighted by Crippen LogP contribution is -2.40. The van der Waals surface area contributed by atoms with E-state index in [0.717, 1.165) is 4.90 Å². The van der Waals surface area contributed by atoms with Crippen LogP contribution >= 0.6 is 0 Å². The van der Waals surface area contributed by atoms with Gasteiger partial charge in [0, 0.05) is 7.05 Å². The first-order chi connectivity index (χ1) is 5.07. The van der Waals surface area contributed by atoms with Gasteiger partial charge in [0.2, 0.25) is 0 Å². The molecule has 11 heavy (non-hydrogen) atoms. The molecule has 0 unspecified atom stereocenters. The van der Waals surface area contributed by atoms with Crippen LogP contribution in [0.1, 0.15) is 0 Å². The first-order valence-electron chi connectivity index (χ1n) is 2.57. The molecule has 62 valence electrons. The predicted octanol–water partition coefficient (Wildman–Crippen LogP) is -0.642. The molecule has 0 saturated carbocycles. The number of nitrogens with zero attached hydrogens (tertiary/aromatic N) is 3. The molecule has 0 fully saturated rings. The van der Waals surface area contributed by atoms with Gasteiger partial charge in [-0.25, -0.2) is 10.1 Å². The van der Waals surface area contributed by atoms with Crippen molar-refractivity contribution in [1.29, 1.82) is 5.41 Å². The molecule has 8 heteroatoms. The van der Waals surface area contributed by atoms with Gasteiger partial charge in [0.15, 0.2) is 11.7 Å². The molecule has 0 aliphatic carbocycles. The SMILES string of the molecule is CN(CN=O)C(=N)N[N+](=O)[O-]. The van der Waals surface area contributed by atoms with E-state index in [2.05, 4.69) is 5.18 Å². The lowest BCUT2D eigenvalue weighted by Gasteiger charge is -2.11. The van der Waals surface area contributed by atoms with Gasteiger partial charge in [-0.1, -0.05) is 5.43 Å². The van der Waals surface area contributed by atoms with Crippen molar-refractivity contribution in [3.05, 3.63) is 15.0 Å². The third-order valence-electron chi connectivity index (χ3n) is 0.849. The molecule has 0 aliphatic heterocycles. The Kier molecular flexibility index (Phi) is 3.49. The molecule has 0 atom stereocenters. The van der Waals surface area contributed by atoms with Crippen molar-refractivity contribution in [2.75, 3.05) is 13.7 Å². The Bertz CT molecular complexity index is 180. The minimum atomic E-state index is -0.885. The zero-order chi connectivity index (χ0) is 8.85. The third kappa shape index (κ3) is 3.78. The quantitative estimate of drug-likeness (QED) is 0.188. The van der Waals surface area contributed by atoms with Crippen LogP contribution in [-0.4, -0.2) is 29.6 Å². The van der Waals surface area contributed by atoms with Crippen LogP contribution < -0.4 is 5.43 Å². The predicted molar refractivity (Wildman–Crippen MR) is 36.3 cm³/mol. The molecule has 2 N–H and O–H groups in total. The van der Waals surface area contributed by atoms with E-state index in [1.165, 1.54) is 7.05 Å². The first-order valence-corrected chi connectivity index (χ1v) is 2.57. The summed E-state index contributed by atoms with van der Waals surface area (Å²) in [5, 5.41) is 18.2. The molecule has 0 aromatic rings. The Morgan fingerprint density at radius 3 is 2.82 bits per heavy atom. The molecule has 0 rings (SSSR count). The highest BCUT2D eigenvalue weighted by Crippen LogP contribution is 1.81. The number of nitrogens with one attached hydrogen (secondary N) is 2. The second-order valence-electron chi connectivity index (χ2n) is 1.69. The fourth-order valence-electron chi connectivity index (χ4n) is 0.329. The van der Waals surface area contributed by atoms with Crippen LogP contribution in [0.25, 0.3) is 0 Å². The van der Waals surface area contributed by atoms with E-state index in [1.807, 2.05) is 0 Å². The van der Waals surface area contributed by atoms with Gasteiger partial charge in [0.05, 0.1) is 0 Å². The smallest absolute Gasteiger partial charge is 0.255 e. The minimum Gasteiger partial charge on any atom is -0.319 e. The second-order valence-corrected chi connectivity index (χ2v) is 1.69. The van der Waals surface area contributed by atoms with Crippen LogP contribution in [0.3, 0.4) is 0 Å². The first kappa shape index (κ1) is 9.27. The molecule has 0 heterocycles. The lowest BCUT2D eigenvalue weighted by atomic mass is 10.8. The largest absolute Gasteiger partial charge is 0.319 e. The zero-order valence-corrected chi connectivity index (χ0v) is 5.77. The number of nitroso groups, excluding NO2 is 1. The Morgan fingerprint density at radius 2 is 2.45 bits per heavy atom. The number of hydrogen-bond donors (Lipinski definition) is 2. The summed E-state index contributed by atoms with van der Waals surface area (Å²) in [7, 11) is 1.33. The van der Waals surface area contributed by atoms with E-state index < -0.39 is 11.0 Å². The van der Waals surface area contributed by atoms with Crippen molar-refractivity contribution in [1.82, 2.24) is 10.3 Å². The van der Waals surface area contributed by atoms with E-state index in [0.29, 0.717) is 0 Å². The number of rotatable bonds is 3. The highest BCUT2D eigenvalue weighted by Gasteiger charge is 2.07. The summed E-state index contributed by atoms with van der Waals surface area (Å²) < 4.78 is 0. The maximum absolute atomic E-state index is 9.74. The Hall–Kier alpha value is -1.73. The maximum atomic E-state index is 9.74. The van der Waals surface area contributed by atoms with Crippen molar-refractivity contribution >= 4 is 5.96 Å². The molecule has 0 radical (unpaired) electrons. The average Bonchev–Trinajstić information content (AvgIpc) is 1.86. The zero-order valence-electron chi connectivity index (χ0n) is 5.77. The van der Waals surface area contributed by atoms with Crippen molar-refractivity contribution < 1.29 is 5.03 Å². The van der Waals surface area contributed by atoms with Crippen LogP contribution in [-0.2, 0) is 0 Å². The average molecular weight is 161 g/mol. The lowest BCUT2D eigenvalue weighted by molar-refractivity contribution is -0.526. The highest BCUT2D eigenvalue weighted by molar-refractivity contribution is 5.74. The molecule has 0 spiro atoms. The molecular weight excluding hydrogens is 154 g/mol. The van der Waals surface area contributed by atoms with E-state index in [-0.39, 0.29) is 6.67 Å². The topological polar surface area (TPSA) is 112 Å². The van der Waals surface area contributed by atoms with Crippen LogP contribution in [0.4, 0.5) is 0 Å². The Balaban J connectivity index is 3.82. The van der Waals surface area contributed by atoms with Gasteiger partial charge >= 0.3 is 0 Å². The molecule has 0 aliphatic rings. The summed E-state index contributed by atoms with van der Waals surface area (Å²) in [6, 6.07) is 0. The van der Waals surface area contributed by atoms with E-state index in [1.54, 1.807) is 5.43 Å². The van der Waals surface area contributed by atoms with Crippen LogP contribution in [0.2, 0.25) is 0 Å². The van der Waals surface area contributed by atoms with Crippen molar-refractivity contribution in [3.8, 4) is 0 Å². The summed E-state index contributed by atoms with van der Waals surface area (Å²) in [6.07, 6.45) is 0. The van der Waals surface area contributed by atoms with Gasteiger partial charge in [0.1, 0.15) is 0 Å². The molecule has 0 aromatic heterocycles. The Morgan fingerprint density at radius 1 is 1.91 bits per heavy atom. The normalized spacial score (nSPS) is 8.45. The monoisotopic (exact) mass is 161 g/mol. The van der Waals surface area contributed by atoms with Gasteiger partial charge in [-0.15, -0.1) is 4.91 Å². The molecule has 8 nitrogen and oxygen atoms in total. The summed E-state index contributed by atoms with van der Waals surface area (Å²) in [6.45, 7) is -0.292. The number of hydrogen-bond acceptors (Lipinski definition) is 5. The van der Waals surface area contributed by atoms with Crippen molar-refractivity contribution in [2.45, 2.75) is 0 Å². The highest BCUT2D eigenvalue weighted by atomic mass is 16.7. The standard InChI is InChI=1S/C3H7N5O3/c1-7(2-5-9)3(4)6-8(10)11/h2H2,1H3,(H2,4,6). The van der Waals surface area contributed by atoms with Crippen molar-refractivity contribution in [3.63, 3.8) is 0 Å². The van der Waals surface area contributed by atoms with Crippen LogP contribution in [0.5, 0.6) is 0 Å². The van der Waals surface area contributed by atoms with Crippen LogP contribution in [0.15, 0.2) is 5.18 Å². The fourth-order valence-corrected chi connectivity index (χ4v) is 0.329. The van der Waals surface area contributed by atoms with Crippen LogP contribution in [0, 0.1) is 20.4 Å². The van der Waals surface area contributed by atoms with Gasteiger partial charge in [-0.05, 0) is 5.18 Å². The molecular formula is C3H7N5O3. The number of hydrazine groups is 1. The Labute approximate surface area is 61.8 Å². The number of nitro groups is 1.